The first-order valence-electron chi connectivity index (χ1n) is 6.58. The van der Waals surface area contributed by atoms with Gasteiger partial charge in [-0.2, -0.15) is 0 Å². The van der Waals surface area contributed by atoms with E-state index in [0.717, 1.165) is 30.1 Å². The molecular weight excluding hydrogens is 290 g/mol. The second-order valence-corrected chi connectivity index (χ2v) is 5.54. The zero-order valence-electron chi connectivity index (χ0n) is 11.8. The number of carbonyl (C=O) groups excluding carboxylic acids is 1. The number of nitrogens with zero attached hydrogens (tertiary/aromatic N) is 2. The van der Waals surface area contributed by atoms with Crippen molar-refractivity contribution < 1.29 is 14.3 Å². The lowest BCUT2D eigenvalue weighted by Gasteiger charge is -2.10. The van der Waals surface area contributed by atoms with Gasteiger partial charge in [-0.25, -0.2) is 0 Å². The molecule has 6 nitrogen and oxygen atoms in total. The van der Waals surface area contributed by atoms with Gasteiger partial charge in [0.2, 0.25) is 0 Å². The Balaban J connectivity index is 1.79. The Bertz CT molecular complexity index is 667. The Morgan fingerprint density at radius 1 is 1.29 bits per heavy atom. The molecule has 0 unspecified atom stereocenters. The lowest BCUT2D eigenvalue weighted by molar-refractivity contribution is 0.102. The van der Waals surface area contributed by atoms with E-state index in [1.54, 1.807) is 32.4 Å². The van der Waals surface area contributed by atoms with Crippen molar-refractivity contribution >= 4 is 23.1 Å². The summed E-state index contributed by atoms with van der Waals surface area (Å²) in [6, 6.07) is 5.24. The third-order valence-electron chi connectivity index (χ3n) is 3.32. The molecule has 1 aromatic heterocycles. The number of benzene rings is 1. The van der Waals surface area contributed by atoms with Crippen LogP contribution in [0.1, 0.15) is 34.1 Å². The number of amides is 1. The summed E-state index contributed by atoms with van der Waals surface area (Å²) in [6.07, 6.45) is 2.17. The van der Waals surface area contributed by atoms with Gasteiger partial charge in [0.15, 0.2) is 11.5 Å². The molecule has 0 bridgehead atoms. The number of aromatic nitrogens is 2. The normalized spacial score (nSPS) is 13.8. The van der Waals surface area contributed by atoms with Crippen molar-refractivity contribution in [3.05, 3.63) is 28.8 Å². The van der Waals surface area contributed by atoms with Gasteiger partial charge >= 0.3 is 0 Å². The summed E-state index contributed by atoms with van der Waals surface area (Å²) in [7, 11) is 3.13. The molecule has 1 fully saturated rings. The lowest BCUT2D eigenvalue weighted by atomic mass is 10.2. The SMILES string of the molecule is COc1ccc(NC(=O)c2snnc2C2CC2)cc1OC. The number of carbonyl (C=O) groups is 1. The van der Waals surface area contributed by atoms with E-state index in [2.05, 4.69) is 14.9 Å². The predicted molar refractivity (Wildman–Crippen MR) is 79.4 cm³/mol. The lowest BCUT2D eigenvalue weighted by Crippen LogP contribution is -2.12. The summed E-state index contributed by atoms with van der Waals surface area (Å²) in [4.78, 5) is 12.9. The van der Waals surface area contributed by atoms with Gasteiger partial charge in [0.05, 0.1) is 19.9 Å². The second kappa shape index (κ2) is 5.69. The Hall–Kier alpha value is -2.15. The number of hydrogen-bond donors (Lipinski definition) is 1. The molecule has 0 spiro atoms. The van der Waals surface area contributed by atoms with Crippen LogP contribution in [-0.4, -0.2) is 29.7 Å². The van der Waals surface area contributed by atoms with Crippen LogP contribution in [0, 0.1) is 0 Å². The average Bonchev–Trinajstić information content (AvgIpc) is 3.23. The summed E-state index contributed by atoms with van der Waals surface area (Å²) >= 11 is 1.13. The van der Waals surface area contributed by atoms with E-state index < -0.39 is 0 Å². The quantitative estimate of drug-likeness (QED) is 0.919. The molecule has 0 saturated heterocycles. The van der Waals surface area contributed by atoms with Gasteiger partial charge in [-0.15, -0.1) is 5.10 Å². The van der Waals surface area contributed by atoms with Crippen molar-refractivity contribution in [1.82, 2.24) is 9.59 Å². The number of methoxy groups -OCH3 is 2. The standard InChI is InChI=1S/C14H15N3O3S/c1-19-10-6-5-9(7-11(10)20-2)15-14(18)13-12(8-3-4-8)16-17-21-13/h5-8H,3-4H2,1-2H3,(H,15,18). The maximum atomic E-state index is 12.3. The van der Waals surface area contributed by atoms with Crippen LogP contribution in [0.5, 0.6) is 11.5 Å². The zero-order valence-corrected chi connectivity index (χ0v) is 12.6. The summed E-state index contributed by atoms with van der Waals surface area (Å²) < 4.78 is 14.3. The van der Waals surface area contributed by atoms with E-state index in [0.29, 0.717) is 28.0 Å². The minimum absolute atomic E-state index is 0.181. The summed E-state index contributed by atoms with van der Waals surface area (Å²) in [5.41, 5.74) is 1.46. The van der Waals surface area contributed by atoms with Crippen LogP contribution in [0.4, 0.5) is 5.69 Å². The number of rotatable bonds is 5. The van der Waals surface area contributed by atoms with Crippen LogP contribution < -0.4 is 14.8 Å². The highest BCUT2D eigenvalue weighted by atomic mass is 32.1. The molecule has 0 radical (unpaired) electrons. The highest BCUT2D eigenvalue weighted by molar-refractivity contribution is 7.08. The Kier molecular flexibility index (Phi) is 3.74. The zero-order chi connectivity index (χ0) is 14.8. The molecule has 1 N–H and O–H groups in total. The third-order valence-corrected chi connectivity index (χ3v) is 4.07. The summed E-state index contributed by atoms with van der Waals surface area (Å²) in [5.74, 6) is 1.41. The molecule has 21 heavy (non-hydrogen) atoms. The minimum Gasteiger partial charge on any atom is -0.493 e. The fourth-order valence-electron chi connectivity index (χ4n) is 2.08. The molecule has 0 aliphatic heterocycles. The molecule has 1 aliphatic rings. The Morgan fingerprint density at radius 2 is 2.05 bits per heavy atom. The first-order valence-corrected chi connectivity index (χ1v) is 7.36. The molecule has 1 aromatic carbocycles. The molecule has 0 atom stereocenters. The van der Waals surface area contributed by atoms with E-state index >= 15 is 0 Å². The monoisotopic (exact) mass is 305 g/mol. The van der Waals surface area contributed by atoms with Gasteiger partial charge in [-0.1, -0.05) is 4.49 Å². The number of nitrogens with one attached hydrogen (secondary N) is 1. The summed E-state index contributed by atoms with van der Waals surface area (Å²) in [5, 5.41) is 6.91. The largest absolute Gasteiger partial charge is 0.493 e. The van der Waals surface area contributed by atoms with E-state index in [1.807, 2.05) is 0 Å². The maximum Gasteiger partial charge on any atom is 0.269 e. The smallest absolute Gasteiger partial charge is 0.269 e. The first kappa shape index (κ1) is 13.8. The Morgan fingerprint density at radius 3 is 2.71 bits per heavy atom. The highest BCUT2D eigenvalue weighted by Gasteiger charge is 2.31. The fourth-order valence-corrected chi connectivity index (χ4v) is 2.73. The van der Waals surface area contributed by atoms with Crippen LogP contribution in [0.15, 0.2) is 18.2 Å². The van der Waals surface area contributed by atoms with Crippen LogP contribution in [-0.2, 0) is 0 Å². The van der Waals surface area contributed by atoms with Crippen molar-refractivity contribution in [3.8, 4) is 11.5 Å². The van der Waals surface area contributed by atoms with Crippen molar-refractivity contribution in [2.45, 2.75) is 18.8 Å². The number of anilines is 1. The molecule has 1 aliphatic carbocycles. The summed E-state index contributed by atoms with van der Waals surface area (Å²) in [6.45, 7) is 0. The van der Waals surface area contributed by atoms with Crippen molar-refractivity contribution in [3.63, 3.8) is 0 Å². The molecule has 1 heterocycles. The van der Waals surface area contributed by atoms with E-state index in [4.69, 9.17) is 9.47 Å². The van der Waals surface area contributed by atoms with Gasteiger partial charge in [-0.3, -0.25) is 4.79 Å². The van der Waals surface area contributed by atoms with Crippen molar-refractivity contribution in [2.75, 3.05) is 19.5 Å². The number of hydrogen-bond acceptors (Lipinski definition) is 6. The minimum atomic E-state index is -0.181. The second-order valence-electron chi connectivity index (χ2n) is 4.79. The predicted octanol–water partition coefficient (Wildman–Crippen LogP) is 2.69. The molecule has 1 saturated carbocycles. The van der Waals surface area contributed by atoms with Gasteiger partial charge in [0, 0.05) is 17.7 Å². The van der Waals surface area contributed by atoms with Gasteiger partial charge in [0.1, 0.15) is 4.88 Å². The molecular formula is C14H15N3O3S. The number of ether oxygens (including phenoxy) is 2. The van der Waals surface area contributed by atoms with Gasteiger partial charge < -0.3 is 14.8 Å². The molecule has 3 rings (SSSR count). The van der Waals surface area contributed by atoms with Gasteiger partial charge in [-0.05, 0) is 36.5 Å². The van der Waals surface area contributed by atoms with E-state index in [1.165, 1.54) is 0 Å². The van der Waals surface area contributed by atoms with Crippen molar-refractivity contribution in [2.24, 2.45) is 0 Å². The first-order chi connectivity index (χ1) is 10.2. The van der Waals surface area contributed by atoms with E-state index in [-0.39, 0.29) is 5.91 Å². The topological polar surface area (TPSA) is 73.3 Å². The van der Waals surface area contributed by atoms with Crippen LogP contribution in [0.25, 0.3) is 0 Å². The molecule has 2 aromatic rings. The van der Waals surface area contributed by atoms with Gasteiger partial charge in [0.25, 0.3) is 5.91 Å². The average molecular weight is 305 g/mol. The van der Waals surface area contributed by atoms with Crippen LogP contribution in [0.3, 0.4) is 0 Å². The van der Waals surface area contributed by atoms with E-state index in [9.17, 15) is 4.79 Å². The van der Waals surface area contributed by atoms with Crippen molar-refractivity contribution in [1.29, 1.82) is 0 Å². The highest BCUT2D eigenvalue weighted by Crippen LogP contribution is 2.41. The van der Waals surface area contributed by atoms with Crippen LogP contribution >= 0.6 is 11.5 Å². The molecule has 1 amide bonds. The third kappa shape index (κ3) is 2.82. The Labute approximate surface area is 126 Å². The molecule has 7 heteroatoms. The van der Waals surface area contributed by atoms with Crippen LogP contribution in [0.2, 0.25) is 0 Å². The molecule has 110 valence electrons. The maximum absolute atomic E-state index is 12.3. The fraction of sp³-hybridized carbons (Fsp3) is 0.357.